The van der Waals surface area contributed by atoms with E-state index >= 15 is 0 Å². The highest BCUT2D eigenvalue weighted by Gasteiger charge is 2.21. The molecule has 0 aromatic carbocycles. The molecule has 16 heavy (non-hydrogen) atoms. The number of nitrogens with one attached hydrogen (secondary N) is 1. The van der Waals surface area contributed by atoms with Crippen LogP contribution < -0.4 is 5.32 Å². The molecule has 0 amide bonds. The minimum absolute atomic E-state index is 0.713. The van der Waals surface area contributed by atoms with Gasteiger partial charge in [-0.05, 0) is 32.1 Å². The summed E-state index contributed by atoms with van der Waals surface area (Å²) in [6, 6.07) is 1.43. The molecule has 2 rings (SSSR count). The zero-order chi connectivity index (χ0) is 11.2. The van der Waals surface area contributed by atoms with Gasteiger partial charge in [-0.1, -0.05) is 18.1 Å². The number of allylic oxidation sites excluding steroid dienone is 1. The molecule has 0 aromatic rings. The molecular weight excluding hydrogens is 196 g/mol. The number of likely N-dealkylation sites (tertiary alicyclic amines) is 1. The first-order valence-electron chi connectivity index (χ1n) is 6.45. The summed E-state index contributed by atoms with van der Waals surface area (Å²) in [5.41, 5.74) is 0. The Hall–Kier alpha value is -0.780. The Morgan fingerprint density at radius 1 is 1.19 bits per heavy atom. The smallest absolute Gasteiger partial charge is 0.0598 e. The zero-order valence-electron chi connectivity index (χ0n) is 9.99. The molecule has 1 fully saturated rings. The number of piperidine rings is 1. The third-order valence-electron chi connectivity index (χ3n) is 3.64. The maximum absolute atomic E-state index is 5.33. The van der Waals surface area contributed by atoms with Crippen LogP contribution in [0.15, 0.2) is 12.2 Å². The minimum atomic E-state index is 0.713. The highest BCUT2D eigenvalue weighted by molar-refractivity contribution is 4.95. The molecule has 1 N–H and O–H groups in total. The van der Waals surface area contributed by atoms with Crippen LogP contribution in [0.25, 0.3) is 0 Å². The average molecular weight is 218 g/mol. The molecule has 0 spiro atoms. The van der Waals surface area contributed by atoms with Crippen molar-refractivity contribution < 1.29 is 0 Å². The molecule has 2 nitrogen and oxygen atoms in total. The molecule has 1 heterocycles. The van der Waals surface area contributed by atoms with E-state index in [0.717, 1.165) is 19.6 Å². The lowest BCUT2D eigenvalue weighted by Gasteiger charge is -2.34. The molecule has 1 aliphatic heterocycles. The Kier molecular flexibility index (Phi) is 4.44. The van der Waals surface area contributed by atoms with Gasteiger partial charge in [-0.25, -0.2) is 0 Å². The summed E-state index contributed by atoms with van der Waals surface area (Å²) in [6.45, 7) is 3.13. The number of terminal acetylenes is 1. The number of hydrogen-bond donors (Lipinski definition) is 1. The van der Waals surface area contributed by atoms with Crippen molar-refractivity contribution in [3.8, 4) is 12.3 Å². The highest BCUT2D eigenvalue weighted by atomic mass is 15.1. The third-order valence-corrected chi connectivity index (χ3v) is 3.64. The monoisotopic (exact) mass is 218 g/mol. The minimum Gasteiger partial charge on any atom is -0.311 e. The van der Waals surface area contributed by atoms with Crippen LogP contribution in [0.2, 0.25) is 0 Å². The summed E-state index contributed by atoms with van der Waals surface area (Å²) >= 11 is 0. The van der Waals surface area contributed by atoms with Crippen LogP contribution in [-0.4, -0.2) is 36.6 Å². The summed E-state index contributed by atoms with van der Waals surface area (Å²) in [7, 11) is 0. The first-order chi connectivity index (χ1) is 7.88. The van der Waals surface area contributed by atoms with E-state index in [1.807, 2.05) is 0 Å². The molecule has 0 bridgehead atoms. The van der Waals surface area contributed by atoms with Crippen molar-refractivity contribution in [2.45, 2.75) is 44.2 Å². The number of nitrogens with zero attached hydrogens (tertiary/aromatic N) is 1. The van der Waals surface area contributed by atoms with E-state index < -0.39 is 0 Å². The van der Waals surface area contributed by atoms with Gasteiger partial charge in [0.2, 0.25) is 0 Å². The fraction of sp³-hybridized carbons (Fsp3) is 0.714. The van der Waals surface area contributed by atoms with E-state index in [4.69, 9.17) is 6.42 Å². The van der Waals surface area contributed by atoms with Gasteiger partial charge in [-0.3, -0.25) is 4.90 Å². The molecule has 0 radical (unpaired) electrons. The maximum Gasteiger partial charge on any atom is 0.0598 e. The van der Waals surface area contributed by atoms with E-state index in [2.05, 4.69) is 28.3 Å². The lowest BCUT2D eigenvalue weighted by Crippen LogP contribution is -2.46. The lowest BCUT2D eigenvalue weighted by molar-refractivity contribution is 0.207. The lowest BCUT2D eigenvalue weighted by atomic mass is 9.98. The van der Waals surface area contributed by atoms with Crippen molar-refractivity contribution in [1.82, 2.24) is 10.2 Å². The fourth-order valence-electron chi connectivity index (χ4n) is 2.67. The molecule has 1 unspecified atom stereocenters. The highest BCUT2D eigenvalue weighted by Crippen LogP contribution is 2.15. The van der Waals surface area contributed by atoms with Crippen LogP contribution in [0.3, 0.4) is 0 Å². The van der Waals surface area contributed by atoms with Gasteiger partial charge in [0.25, 0.3) is 0 Å². The standard InChI is InChI=1S/C14H22N2/c1-2-10-16-11-8-14(9-12-16)15-13-6-4-3-5-7-13/h1,3-4,13-15H,5-12H2. The second-order valence-electron chi connectivity index (χ2n) is 4.90. The van der Waals surface area contributed by atoms with E-state index in [1.165, 1.54) is 32.1 Å². The molecular formula is C14H22N2. The van der Waals surface area contributed by atoms with Crippen molar-refractivity contribution in [1.29, 1.82) is 0 Å². The summed E-state index contributed by atoms with van der Waals surface area (Å²) in [6.07, 6.45) is 16.2. The molecule has 0 saturated carbocycles. The topological polar surface area (TPSA) is 15.3 Å². The number of hydrogen-bond acceptors (Lipinski definition) is 2. The van der Waals surface area contributed by atoms with Crippen LogP contribution in [-0.2, 0) is 0 Å². The van der Waals surface area contributed by atoms with Crippen molar-refractivity contribution >= 4 is 0 Å². The van der Waals surface area contributed by atoms with Gasteiger partial charge in [0.1, 0.15) is 0 Å². The largest absolute Gasteiger partial charge is 0.311 e. The van der Waals surface area contributed by atoms with Crippen molar-refractivity contribution in [3.63, 3.8) is 0 Å². The molecule has 1 atom stereocenters. The van der Waals surface area contributed by atoms with Crippen molar-refractivity contribution in [2.75, 3.05) is 19.6 Å². The Balaban J connectivity index is 1.69. The Bertz CT molecular complexity index is 269. The molecule has 1 saturated heterocycles. The summed E-state index contributed by atoms with van der Waals surface area (Å²) < 4.78 is 0. The summed E-state index contributed by atoms with van der Waals surface area (Å²) in [5, 5.41) is 3.79. The van der Waals surface area contributed by atoms with E-state index in [0.29, 0.717) is 12.1 Å². The van der Waals surface area contributed by atoms with Gasteiger partial charge < -0.3 is 5.32 Å². The van der Waals surface area contributed by atoms with Gasteiger partial charge in [0, 0.05) is 25.2 Å². The van der Waals surface area contributed by atoms with Gasteiger partial charge in [-0.2, -0.15) is 0 Å². The second kappa shape index (κ2) is 6.08. The predicted molar refractivity (Wildman–Crippen MR) is 68.2 cm³/mol. The van der Waals surface area contributed by atoms with Crippen molar-refractivity contribution in [3.05, 3.63) is 12.2 Å². The molecule has 2 aliphatic rings. The summed E-state index contributed by atoms with van der Waals surface area (Å²) in [4.78, 5) is 2.37. The SMILES string of the molecule is C#CCN1CCC(NC2CC=CCC2)CC1. The Morgan fingerprint density at radius 3 is 2.62 bits per heavy atom. The maximum atomic E-state index is 5.33. The molecule has 0 aromatic heterocycles. The first-order valence-corrected chi connectivity index (χ1v) is 6.45. The van der Waals surface area contributed by atoms with Gasteiger partial charge in [-0.15, -0.1) is 6.42 Å². The fourth-order valence-corrected chi connectivity index (χ4v) is 2.67. The normalized spacial score (nSPS) is 27.8. The van der Waals surface area contributed by atoms with Gasteiger partial charge in [0.05, 0.1) is 6.54 Å². The van der Waals surface area contributed by atoms with Crippen LogP contribution >= 0.6 is 0 Å². The molecule has 1 aliphatic carbocycles. The van der Waals surface area contributed by atoms with E-state index in [9.17, 15) is 0 Å². The van der Waals surface area contributed by atoms with Crippen LogP contribution in [0.5, 0.6) is 0 Å². The number of rotatable bonds is 3. The van der Waals surface area contributed by atoms with E-state index in [1.54, 1.807) is 0 Å². The van der Waals surface area contributed by atoms with Crippen LogP contribution in [0, 0.1) is 12.3 Å². The predicted octanol–water partition coefficient (Wildman–Crippen LogP) is 1.78. The average Bonchev–Trinajstić information content (AvgIpc) is 2.33. The van der Waals surface area contributed by atoms with E-state index in [-0.39, 0.29) is 0 Å². The zero-order valence-corrected chi connectivity index (χ0v) is 9.99. The molecule has 88 valence electrons. The molecule has 2 heteroatoms. The first kappa shape index (κ1) is 11.7. The van der Waals surface area contributed by atoms with Gasteiger partial charge in [0.15, 0.2) is 0 Å². The van der Waals surface area contributed by atoms with Crippen LogP contribution in [0.4, 0.5) is 0 Å². The Morgan fingerprint density at radius 2 is 2.00 bits per heavy atom. The second-order valence-corrected chi connectivity index (χ2v) is 4.90. The summed E-state index contributed by atoms with van der Waals surface area (Å²) in [5.74, 6) is 2.73. The van der Waals surface area contributed by atoms with Crippen molar-refractivity contribution in [2.24, 2.45) is 0 Å². The van der Waals surface area contributed by atoms with Gasteiger partial charge >= 0.3 is 0 Å². The Labute approximate surface area is 99.1 Å². The quantitative estimate of drug-likeness (QED) is 0.574. The third kappa shape index (κ3) is 3.37. The van der Waals surface area contributed by atoms with Crippen LogP contribution in [0.1, 0.15) is 32.1 Å².